The van der Waals surface area contributed by atoms with Crippen molar-refractivity contribution in [1.29, 1.82) is 5.39 Å². The van der Waals surface area contributed by atoms with E-state index in [1.807, 2.05) is 39.0 Å². The van der Waals surface area contributed by atoms with Crippen LogP contribution in [0.1, 0.15) is 19.4 Å². The van der Waals surface area contributed by atoms with Gasteiger partial charge in [0.05, 0.1) is 19.3 Å². The zero-order valence-electron chi connectivity index (χ0n) is 12.6. The Morgan fingerprint density at radius 3 is 2.14 bits per heavy atom. The molecule has 0 aromatic heterocycles. The molecule has 0 aliphatic rings. The van der Waals surface area contributed by atoms with Crippen molar-refractivity contribution in [1.82, 2.24) is 0 Å². The summed E-state index contributed by atoms with van der Waals surface area (Å²) < 4.78 is 11.2. The minimum atomic E-state index is 0.371. The van der Waals surface area contributed by atoms with Crippen LogP contribution in [-0.4, -0.2) is 13.2 Å². The summed E-state index contributed by atoms with van der Waals surface area (Å²) in [6, 6.07) is 11.7. The quantitative estimate of drug-likeness (QED) is 0.730. The number of diazo groups is 1. The highest BCUT2D eigenvalue weighted by Crippen LogP contribution is 2.40. The molecule has 2 aromatic rings. The summed E-state index contributed by atoms with van der Waals surface area (Å²) in [7, 11) is 0. The molecule has 21 heavy (non-hydrogen) atoms. The highest BCUT2D eigenvalue weighted by molar-refractivity contribution is 5.77. The van der Waals surface area contributed by atoms with Gasteiger partial charge in [-0.05, 0) is 26.3 Å². The van der Waals surface area contributed by atoms with Crippen molar-refractivity contribution in [3.63, 3.8) is 0 Å². The normalized spacial score (nSPS) is 10.0. The van der Waals surface area contributed by atoms with Crippen molar-refractivity contribution < 1.29 is 9.47 Å². The van der Waals surface area contributed by atoms with Crippen LogP contribution in [0.25, 0.3) is 16.1 Å². The van der Waals surface area contributed by atoms with Gasteiger partial charge in [-0.1, -0.05) is 29.8 Å². The lowest BCUT2D eigenvalue weighted by atomic mass is 10.0. The van der Waals surface area contributed by atoms with Crippen LogP contribution in [0.4, 0.5) is 5.69 Å². The lowest BCUT2D eigenvalue weighted by molar-refractivity contribution is 0.333. The number of hydrogen-bond donors (Lipinski definition) is 0. The first-order chi connectivity index (χ1) is 10.2. The SMILES string of the molecule is CCOc1cc(-c2ccc(C)cc2)c(OCC)cc1[N+]#N. The second-order valence-electron chi connectivity index (χ2n) is 4.65. The van der Waals surface area contributed by atoms with E-state index in [9.17, 15) is 0 Å². The van der Waals surface area contributed by atoms with E-state index in [0.717, 1.165) is 11.1 Å². The Morgan fingerprint density at radius 2 is 1.57 bits per heavy atom. The van der Waals surface area contributed by atoms with E-state index in [0.29, 0.717) is 30.4 Å². The zero-order chi connectivity index (χ0) is 15.2. The highest BCUT2D eigenvalue weighted by Gasteiger charge is 2.21. The highest BCUT2D eigenvalue weighted by atomic mass is 16.5. The molecule has 0 amide bonds. The van der Waals surface area contributed by atoms with Crippen LogP contribution >= 0.6 is 0 Å². The molecule has 0 radical (unpaired) electrons. The average Bonchev–Trinajstić information content (AvgIpc) is 2.50. The zero-order valence-corrected chi connectivity index (χ0v) is 12.6. The van der Waals surface area contributed by atoms with E-state index in [4.69, 9.17) is 14.9 Å². The Kier molecular flexibility index (Phi) is 4.78. The fraction of sp³-hybridized carbons (Fsp3) is 0.294. The fourth-order valence-electron chi connectivity index (χ4n) is 2.13. The van der Waals surface area contributed by atoms with Crippen LogP contribution in [0.5, 0.6) is 11.5 Å². The third-order valence-corrected chi connectivity index (χ3v) is 3.13. The van der Waals surface area contributed by atoms with E-state index < -0.39 is 0 Å². The molecule has 0 spiro atoms. The van der Waals surface area contributed by atoms with E-state index in [1.165, 1.54) is 5.56 Å². The maximum Gasteiger partial charge on any atom is 0.430 e. The van der Waals surface area contributed by atoms with Gasteiger partial charge in [0.25, 0.3) is 0 Å². The maximum absolute atomic E-state index is 9.13. The number of rotatable bonds is 5. The van der Waals surface area contributed by atoms with Gasteiger partial charge in [-0.3, -0.25) is 0 Å². The van der Waals surface area contributed by atoms with Crippen LogP contribution in [-0.2, 0) is 0 Å². The van der Waals surface area contributed by atoms with Crippen molar-refractivity contribution in [3.05, 3.63) is 46.9 Å². The van der Waals surface area contributed by atoms with Gasteiger partial charge in [0.15, 0.2) is 4.98 Å². The van der Waals surface area contributed by atoms with E-state index >= 15 is 0 Å². The second kappa shape index (κ2) is 6.76. The third kappa shape index (κ3) is 3.32. The summed E-state index contributed by atoms with van der Waals surface area (Å²) >= 11 is 0. The molecule has 0 bridgehead atoms. The predicted molar refractivity (Wildman–Crippen MR) is 83.7 cm³/mol. The molecule has 4 heteroatoms. The van der Waals surface area contributed by atoms with Crippen LogP contribution in [0.3, 0.4) is 0 Å². The first-order valence-electron chi connectivity index (χ1n) is 7.05. The number of hydrogen-bond acceptors (Lipinski definition) is 3. The summed E-state index contributed by atoms with van der Waals surface area (Å²) in [6.45, 7) is 6.91. The molecule has 0 unspecified atom stereocenters. The monoisotopic (exact) mass is 283 g/mol. The summed E-state index contributed by atoms with van der Waals surface area (Å²) in [5, 5.41) is 9.13. The first-order valence-corrected chi connectivity index (χ1v) is 7.05. The predicted octanol–water partition coefficient (Wildman–Crippen LogP) is 4.94. The van der Waals surface area contributed by atoms with Gasteiger partial charge in [0, 0.05) is 11.6 Å². The Labute approximate surface area is 125 Å². The molecular formula is C17H19N2O2+. The van der Waals surface area contributed by atoms with E-state index in [-0.39, 0.29) is 0 Å². The standard InChI is InChI=1S/C17H19N2O2/c1-4-20-16-11-15(19-18)17(21-5-2)10-14(16)13-8-6-12(3)7-9-13/h6-11H,4-5H2,1-3H3/q+1. The lowest BCUT2D eigenvalue weighted by Crippen LogP contribution is -1.97. The Bertz CT molecular complexity index is 658. The summed E-state index contributed by atoms with van der Waals surface area (Å²) in [4.78, 5) is 3.28. The summed E-state index contributed by atoms with van der Waals surface area (Å²) in [6.07, 6.45) is 0. The van der Waals surface area contributed by atoms with Gasteiger partial charge in [-0.15, -0.1) is 0 Å². The number of nitrogens with zero attached hydrogens (tertiary/aromatic N) is 2. The molecule has 2 aromatic carbocycles. The molecule has 108 valence electrons. The first kappa shape index (κ1) is 14.9. The molecule has 0 fully saturated rings. The number of benzene rings is 2. The second-order valence-corrected chi connectivity index (χ2v) is 4.65. The third-order valence-electron chi connectivity index (χ3n) is 3.13. The topological polar surface area (TPSA) is 46.6 Å². The van der Waals surface area contributed by atoms with Gasteiger partial charge in [-0.2, -0.15) is 0 Å². The molecule has 0 aliphatic heterocycles. The smallest absolute Gasteiger partial charge is 0.430 e. The van der Waals surface area contributed by atoms with Gasteiger partial charge in [0.2, 0.25) is 11.1 Å². The van der Waals surface area contributed by atoms with Crippen LogP contribution < -0.4 is 9.47 Å². The minimum absolute atomic E-state index is 0.371. The maximum atomic E-state index is 9.13. The van der Waals surface area contributed by atoms with Crippen molar-refractivity contribution in [3.8, 4) is 22.6 Å². The van der Waals surface area contributed by atoms with Crippen molar-refractivity contribution in [2.24, 2.45) is 0 Å². The number of ether oxygens (including phenoxy) is 2. The Balaban J connectivity index is 2.58. The van der Waals surface area contributed by atoms with Gasteiger partial charge in [0.1, 0.15) is 5.75 Å². The number of aryl methyl sites for hydroxylation is 1. The average molecular weight is 283 g/mol. The molecular weight excluding hydrogens is 264 g/mol. The molecule has 0 saturated heterocycles. The molecule has 0 N–H and O–H groups in total. The molecule has 0 atom stereocenters. The lowest BCUT2D eigenvalue weighted by Gasteiger charge is -2.11. The molecule has 0 saturated carbocycles. The van der Waals surface area contributed by atoms with Crippen molar-refractivity contribution in [2.45, 2.75) is 20.8 Å². The molecule has 4 nitrogen and oxygen atoms in total. The van der Waals surface area contributed by atoms with Crippen molar-refractivity contribution >= 4 is 5.69 Å². The van der Waals surface area contributed by atoms with Crippen LogP contribution in [0.2, 0.25) is 0 Å². The van der Waals surface area contributed by atoms with Crippen LogP contribution in [0, 0.1) is 12.3 Å². The van der Waals surface area contributed by atoms with Gasteiger partial charge >= 0.3 is 5.69 Å². The van der Waals surface area contributed by atoms with Gasteiger partial charge in [-0.25, -0.2) is 0 Å². The summed E-state index contributed by atoms with van der Waals surface area (Å²) in [5.41, 5.74) is 3.53. The Morgan fingerprint density at radius 1 is 0.952 bits per heavy atom. The summed E-state index contributed by atoms with van der Waals surface area (Å²) in [5.74, 6) is 1.22. The van der Waals surface area contributed by atoms with E-state index in [2.05, 4.69) is 17.1 Å². The van der Waals surface area contributed by atoms with Crippen molar-refractivity contribution in [2.75, 3.05) is 13.2 Å². The minimum Gasteiger partial charge on any atom is -0.493 e. The Hall–Kier alpha value is -2.54. The largest absolute Gasteiger partial charge is 0.493 e. The molecule has 0 aliphatic carbocycles. The van der Waals surface area contributed by atoms with E-state index in [1.54, 1.807) is 6.07 Å². The molecule has 0 heterocycles. The molecule has 2 rings (SSSR count). The van der Waals surface area contributed by atoms with Crippen LogP contribution in [0.15, 0.2) is 36.4 Å². The fourth-order valence-corrected chi connectivity index (χ4v) is 2.13. The van der Waals surface area contributed by atoms with Gasteiger partial charge < -0.3 is 9.47 Å².